The third-order valence-corrected chi connectivity index (χ3v) is 2.39. The molecule has 0 radical (unpaired) electrons. The maximum atomic E-state index is 8.94. The van der Waals surface area contributed by atoms with Gasteiger partial charge in [-0.3, -0.25) is 0 Å². The van der Waals surface area contributed by atoms with Crippen LogP contribution in [0.1, 0.15) is 11.3 Å². The van der Waals surface area contributed by atoms with E-state index < -0.39 is 0 Å². The fourth-order valence-electron chi connectivity index (χ4n) is 1.50. The summed E-state index contributed by atoms with van der Waals surface area (Å²) in [6.07, 6.45) is 1.52. The van der Waals surface area contributed by atoms with Crippen LogP contribution in [0.3, 0.4) is 0 Å². The van der Waals surface area contributed by atoms with Crippen LogP contribution in [0, 0.1) is 22.7 Å². The van der Waals surface area contributed by atoms with Gasteiger partial charge in [0.05, 0.1) is 18.7 Å². The van der Waals surface area contributed by atoms with Crippen LogP contribution in [0.25, 0.3) is 0 Å². The lowest BCUT2D eigenvalue weighted by Crippen LogP contribution is -1.94. The number of ether oxygens (including phenoxy) is 2. The average molecular weight is 251 g/mol. The highest BCUT2D eigenvalue weighted by molar-refractivity contribution is 5.49. The summed E-state index contributed by atoms with van der Waals surface area (Å²) in [7, 11) is 1.48. The first-order valence-corrected chi connectivity index (χ1v) is 5.39. The van der Waals surface area contributed by atoms with Gasteiger partial charge in [0.2, 0.25) is 0 Å². The molecule has 2 rings (SSSR count). The Morgan fingerprint density at radius 1 is 1.05 bits per heavy atom. The molecule has 92 valence electrons. The van der Waals surface area contributed by atoms with Crippen LogP contribution in [0.2, 0.25) is 0 Å². The van der Waals surface area contributed by atoms with Gasteiger partial charge in [-0.1, -0.05) is 0 Å². The van der Waals surface area contributed by atoms with E-state index >= 15 is 0 Å². The van der Waals surface area contributed by atoms with Crippen molar-refractivity contribution >= 4 is 0 Å². The molecule has 0 amide bonds. The van der Waals surface area contributed by atoms with Gasteiger partial charge in [0, 0.05) is 12.3 Å². The molecule has 0 aliphatic rings. The molecule has 5 heteroatoms. The first kappa shape index (κ1) is 12.4. The SMILES string of the molecule is COc1cc(C#N)ccc1Oc1cccnc1C#N. The summed E-state index contributed by atoms with van der Waals surface area (Å²) in [6, 6.07) is 12.1. The number of nitriles is 2. The maximum Gasteiger partial charge on any atom is 0.183 e. The van der Waals surface area contributed by atoms with Crippen molar-refractivity contribution in [3.8, 4) is 29.4 Å². The first-order valence-electron chi connectivity index (χ1n) is 5.39. The number of methoxy groups -OCH3 is 1. The lowest BCUT2D eigenvalue weighted by Gasteiger charge is -2.10. The van der Waals surface area contributed by atoms with E-state index in [1.165, 1.54) is 13.3 Å². The summed E-state index contributed by atoms with van der Waals surface area (Å²) >= 11 is 0. The quantitative estimate of drug-likeness (QED) is 0.837. The Labute approximate surface area is 110 Å². The van der Waals surface area contributed by atoms with Crippen LogP contribution in [0.5, 0.6) is 17.2 Å². The van der Waals surface area contributed by atoms with Crippen LogP contribution in [0.15, 0.2) is 36.5 Å². The minimum Gasteiger partial charge on any atom is -0.493 e. The summed E-state index contributed by atoms with van der Waals surface area (Å²) in [4.78, 5) is 3.90. The molecule has 0 spiro atoms. The Bertz CT molecular complexity index is 684. The molecule has 0 atom stereocenters. The predicted molar refractivity (Wildman–Crippen MR) is 66.7 cm³/mol. The Kier molecular flexibility index (Phi) is 3.61. The maximum absolute atomic E-state index is 8.94. The zero-order chi connectivity index (χ0) is 13.7. The fourth-order valence-corrected chi connectivity index (χ4v) is 1.50. The van der Waals surface area contributed by atoms with E-state index in [0.29, 0.717) is 22.8 Å². The molecule has 0 aliphatic heterocycles. The predicted octanol–water partition coefficient (Wildman–Crippen LogP) is 2.63. The Morgan fingerprint density at radius 3 is 2.58 bits per heavy atom. The molecule has 1 aromatic heterocycles. The summed E-state index contributed by atoms with van der Waals surface area (Å²) in [5.74, 6) is 1.19. The molecule has 2 aromatic rings. The van der Waals surface area contributed by atoms with Crippen molar-refractivity contribution in [3.63, 3.8) is 0 Å². The van der Waals surface area contributed by atoms with Crippen LogP contribution in [-0.4, -0.2) is 12.1 Å². The van der Waals surface area contributed by atoms with Gasteiger partial charge in [-0.25, -0.2) is 4.98 Å². The molecule has 0 unspecified atom stereocenters. The lowest BCUT2D eigenvalue weighted by atomic mass is 10.2. The lowest BCUT2D eigenvalue weighted by molar-refractivity contribution is 0.378. The number of pyridine rings is 1. The minimum atomic E-state index is 0.189. The topological polar surface area (TPSA) is 78.9 Å². The number of hydrogen-bond acceptors (Lipinski definition) is 5. The number of hydrogen-bond donors (Lipinski definition) is 0. The second-order valence-electron chi connectivity index (χ2n) is 3.54. The number of rotatable bonds is 3. The normalized spacial score (nSPS) is 9.21. The highest BCUT2D eigenvalue weighted by Gasteiger charge is 2.10. The van der Waals surface area contributed by atoms with Crippen molar-refractivity contribution in [2.75, 3.05) is 7.11 Å². The Balaban J connectivity index is 2.39. The van der Waals surface area contributed by atoms with Gasteiger partial charge in [-0.15, -0.1) is 0 Å². The molecule has 1 aromatic carbocycles. The Morgan fingerprint density at radius 2 is 1.89 bits per heavy atom. The van der Waals surface area contributed by atoms with E-state index in [1.54, 1.807) is 30.3 Å². The molecule has 0 bridgehead atoms. The van der Waals surface area contributed by atoms with Gasteiger partial charge in [0.25, 0.3) is 0 Å². The number of benzene rings is 1. The summed E-state index contributed by atoms with van der Waals surface area (Å²) in [6.45, 7) is 0. The number of nitrogens with zero attached hydrogens (tertiary/aromatic N) is 3. The van der Waals surface area contributed by atoms with Crippen molar-refractivity contribution in [2.24, 2.45) is 0 Å². The van der Waals surface area contributed by atoms with E-state index in [0.717, 1.165) is 0 Å². The van der Waals surface area contributed by atoms with Crippen LogP contribution < -0.4 is 9.47 Å². The van der Waals surface area contributed by atoms with Crippen molar-refractivity contribution in [2.45, 2.75) is 0 Å². The van der Waals surface area contributed by atoms with Crippen molar-refractivity contribution < 1.29 is 9.47 Å². The van der Waals surface area contributed by atoms with Gasteiger partial charge in [-0.05, 0) is 24.3 Å². The summed E-state index contributed by atoms with van der Waals surface area (Å²) < 4.78 is 10.8. The van der Waals surface area contributed by atoms with E-state index in [4.69, 9.17) is 20.0 Å². The van der Waals surface area contributed by atoms with Crippen LogP contribution in [-0.2, 0) is 0 Å². The molecule has 1 heterocycles. The van der Waals surface area contributed by atoms with E-state index in [2.05, 4.69) is 4.98 Å². The molecule has 5 nitrogen and oxygen atoms in total. The van der Waals surface area contributed by atoms with Gasteiger partial charge in [-0.2, -0.15) is 10.5 Å². The fraction of sp³-hybridized carbons (Fsp3) is 0.0714. The first-order chi connectivity index (χ1) is 9.28. The highest BCUT2D eigenvalue weighted by Crippen LogP contribution is 2.32. The zero-order valence-electron chi connectivity index (χ0n) is 10.1. The monoisotopic (exact) mass is 251 g/mol. The van der Waals surface area contributed by atoms with E-state index in [-0.39, 0.29) is 5.69 Å². The second kappa shape index (κ2) is 5.52. The molecular weight excluding hydrogens is 242 g/mol. The third-order valence-electron chi connectivity index (χ3n) is 2.39. The minimum absolute atomic E-state index is 0.189. The average Bonchev–Trinajstić information content (AvgIpc) is 2.48. The van der Waals surface area contributed by atoms with Gasteiger partial charge >= 0.3 is 0 Å². The van der Waals surface area contributed by atoms with Crippen LogP contribution in [0.4, 0.5) is 0 Å². The van der Waals surface area contributed by atoms with E-state index in [1.807, 2.05) is 12.1 Å². The van der Waals surface area contributed by atoms with Crippen molar-refractivity contribution in [1.82, 2.24) is 4.98 Å². The standard InChI is InChI=1S/C14H9N3O2/c1-18-14-7-10(8-15)4-5-13(14)19-12-3-2-6-17-11(12)9-16/h2-7H,1H3. The molecular formula is C14H9N3O2. The summed E-state index contributed by atoms with van der Waals surface area (Å²) in [5.41, 5.74) is 0.657. The van der Waals surface area contributed by atoms with Crippen molar-refractivity contribution in [1.29, 1.82) is 10.5 Å². The largest absolute Gasteiger partial charge is 0.493 e. The van der Waals surface area contributed by atoms with Gasteiger partial charge in [0.1, 0.15) is 6.07 Å². The highest BCUT2D eigenvalue weighted by atomic mass is 16.5. The summed E-state index contributed by atoms with van der Waals surface area (Å²) in [5, 5.41) is 17.8. The molecule has 0 fully saturated rings. The van der Waals surface area contributed by atoms with Crippen LogP contribution >= 0.6 is 0 Å². The zero-order valence-corrected chi connectivity index (χ0v) is 10.1. The molecule has 0 saturated heterocycles. The number of aromatic nitrogens is 1. The molecule has 0 aliphatic carbocycles. The van der Waals surface area contributed by atoms with Gasteiger partial charge < -0.3 is 9.47 Å². The Hall–Kier alpha value is -3.05. The second-order valence-corrected chi connectivity index (χ2v) is 3.54. The molecule has 19 heavy (non-hydrogen) atoms. The van der Waals surface area contributed by atoms with Gasteiger partial charge in [0.15, 0.2) is 22.9 Å². The van der Waals surface area contributed by atoms with E-state index in [9.17, 15) is 0 Å². The van der Waals surface area contributed by atoms with Crippen molar-refractivity contribution in [3.05, 3.63) is 47.8 Å². The molecule has 0 saturated carbocycles. The smallest absolute Gasteiger partial charge is 0.183 e. The third kappa shape index (κ3) is 2.62. The molecule has 0 N–H and O–H groups in total.